The van der Waals surface area contributed by atoms with Crippen molar-refractivity contribution in [1.29, 1.82) is 0 Å². The maximum Gasteiger partial charge on any atom is 0.248 e. The van der Waals surface area contributed by atoms with Crippen LogP contribution in [0.15, 0.2) is 101 Å². The van der Waals surface area contributed by atoms with Gasteiger partial charge in [0, 0.05) is 27.6 Å². The summed E-state index contributed by atoms with van der Waals surface area (Å²) in [4.78, 5) is 0. The second kappa shape index (κ2) is 7.70. The third-order valence-corrected chi connectivity index (χ3v) is 6.35. The molecule has 2 heterocycles. The minimum Gasteiger partial charge on any atom is -0.416 e. The number of benzene rings is 4. The molecule has 4 nitrogen and oxygen atoms in total. The largest absolute Gasteiger partial charge is 0.416 e. The van der Waals surface area contributed by atoms with E-state index in [2.05, 4.69) is 108 Å². The van der Waals surface area contributed by atoms with Gasteiger partial charge < -0.3 is 8.98 Å². The van der Waals surface area contributed by atoms with Crippen molar-refractivity contribution in [2.24, 2.45) is 0 Å². The Hall–Kier alpha value is -4.18. The summed E-state index contributed by atoms with van der Waals surface area (Å²) in [6.45, 7) is 6.62. The third-order valence-electron chi connectivity index (χ3n) is 6.35. The predicted octanol–water partition coefficient (Wildman–Crippen LogP) is 7.80. The Balaban J connectivity index is 1.41. The molecule has 0 radical (unpaired) electrons. The van der Waals surface area contributed by atoms with Gasteiger partial charge in [0.05, 0.1) is 11.0 Å². The van der Waals surface area contributed by atoms with E-state index in [-0.39, 0.29) is 5.41 Å². The molecule has 0 saturated carbocycles. The average Bonchev–Trinajstić information content (AvgIpc) is 3.47. The van der Waals surface area contributed by atoms with Gasteiger partial charge in [0.15, 0.2) is 0 Å². The normalized spacial score (nSPS) is 12.0. The van der Waals surface area contributed by atoms with Crippen LogP contribution in [0.25, 0.3) is 50.4 Å². The van der Waals surface area contributed by atoms with Crippen molar-refractivity contribution in [2.45, 2.75) is 26.2 Å². The molecule has 6 aromatic rings. The molecule has 0 atom stereocenters. The molecule has 0 aliphatic heterocycles. The van der Waals surface area contributed by atoms with Crippen molar-refractivity contribution >= 4 is 21.8 Å². The standard InChI is InChI=1S/C30H25N3O/c1-30(2,3)22-17-15-20(16-18-22)28-31-32-29(34-28)21-9-8-10-23(19-21)33-26-13-6-4-11-24(26)25-12-5-7-14-27(25)33/h4-19H,1-3H3. The summed E-state index contributed by atoms with van der Waals surface area (Å²) in [5.41, 5.74) is 6.59. The average molecular weight is 444 g/mol. The lowest BCUT2D eigenvalue weighted by molar-refractivity contribution is 0.582. The summed E-state index contributed by atoms with van der Waals surface area (Å²) in [6.07, 6.45) is 0. The van der Waals surface area contributed by atoms with Crippen molar-refractivity contribution in [1.82, 2.24) is 14.8 Å². The zero-order valence-corrected chi connectivity index (χ0v) is 19.5. The number of para-hydroxylation sites is 2. The molecule has 2 aromatic heterocycles. The number of nitrogens with zero attached hydrogens (tertiary/aromatic N) is 3. The summed E-state index contributed by atoms with van der Waals surface area (Å²) >= 11 is 0. The number of rotatable bonds is 3. The van der Waals surface area contributed by atoms with Crippen molar-refractivity contribution in [3.63, 3.8) is 0 Å². The molecule has 0 aliphatic carbocycles. The van der Waals surface area contributed by atoms with Gasteiger partial charge in [-0.3, -0.25) is 0 Å². The van der Waals surface area contributed by atoms with Gasteiger partial charge >= 0.3 is 0 Å². The molecule has 34 heavy (non-hydrogen) atoms. The zero-order chi connectivity index (χ0) is 23.3. The van der Waals surface area contributed by atoms with Crippen LogP contribution in [-0.4, -0.2) is 14.8 Å². The lowest BCUT2D eigenvalue weighted by Crippen LogP contribution is -2.10. The Bertz CT molecular complexity index is 1580. The first kappa shape index (κ1) is 20.4. The predicted molar refractivity (Wildman–Crippen MR) is 138 cm³/mol. The fourth-order valence-electron chi connectivity index (χ4n) is 4.55. The molecule has 0 aliphatic rings. The summed E-state index contributed by atoms with van der Waals surface area (Å²) in [5.74, 6) is 1.04. The Labute approximate surface area is 198 Å². The quantitative estimate of drug-likeness (QED) is 0.280. The number of hydrogen-bond donors (Lipinski definition) is 0. The van der Waals surface area contributed by atoms with E-state index in [4.69, 9.17) is 4.42 Å². The van der Waals surface area contributed by atoms with E-state index in [0.717, 1.165) is 16.8 Å². The van der Waals surface area contributed by atoms with Crippen LogP contribution in [0.5, 0.6) is 0 Å². The van der Waals surface area contributed by atoms with Gasteiger partial charge in [-0.1, -0.05) is 75.4 Å². The maximum atomic E-state index is 6.10. The van der Waals surface area contributed by atoms with Gasteiger partial charge in [-0.2, -0.15) is 0 Å². The molecule has 0 amide bonds. The number of fused-ring (bicyclic) bond motifs is 3. The van der Waals surface area contributed by atoms with Crippen molar-refractivity contribution < 1.29 is 4.42 Å². The molecule has 166 valence electrons. The van der Waals surface area contributed by atoms with E-state index in [1.165, 1.54) is 27.4 Å². The van der Waals surface area contributed by atoms with E-state index in [9.17, 15) is 0 Å². The van der Waals surface area contributed by atoms with Crippen LogP contribution < -0.4 is 0 Å². The molecule has 4 aromatic carbocycles. The smallest absolute Gasteiger partial charge is 0.248 e. The molecule has 6 rings (SSSR count). The monoisotopic (exact) mass is 443 g/mol. The summed E-state index contributed by atoms with van der Waals surface area (Å²) in [7, 11) is 0. The Kier molecular flexibility index (Phi) is 4.63. The van der Waals surface area contributed by atoms with Gasteiger partial charge in [-0.05, 0) is 53.4 Å². The Morgan fingerprint density at radius 1 is 0.618 bits per heavy atom. The molecule has 0 spiro atoms. The molecule has 0 N–H and O–H groups in total. The van der Waals surface area contributed by atoms with Crippen molar-refractivity contribution in [2.75, 3.05) is 0 Å². The van der Waals surface area contributed by atoms with E-state index >= 15 is 0 Å². The highest BCUT2D eigenvalue weighted by molar-refractivity contribution is 6.09. The Morgan fingerprint density at radius 3 is 1.82 bits per heavy atom. The van der Waals surface area contributed by atoms with Gasteiger partial charge in [-0.15, -0.1) is 10.2 Å². The fraction of sp³-hybridized carbons (Fsp3) is 0.133. The topological polar surface area (TPSA) is 43.9 Å². The van der Waals surface area contributed by atoms with Crippen LogP contribution in [0, 0.1) is 0 Å². The highest BCUT2D eigenvalue weighted by atomic mass is 16.4. The van der Waals surface area contributed by atoms with Crippen LogP contribution in [0.3, 0.4) is 0 Å². The highest BCUT2D eigenvalue weighted by Crippen LogP contribution is 2.33. The van der Waals surface area contributed by atoms with Gasteiger partial charge in [-0.25, -0.2) is 0 Å². The van der Waals surface area contributed by atoms with E-state index in [1.54, 1.807) is 0 Å². The fourth-order valence-corrected chi connectivity index (χ4v) is 4.55. The minimum absolute atomic E-state index is 0.103. The van der Waals surface area contributed by atoms with Gasteiger partial charge in [0.25, 0.3) is 0 Å². The number of hydrogen-bond acceptors (Lipinski definition) is 3. The molecule has 0 fully saturated rings. The molecule has 4 heteroatoms. The third kappa shape index (κ3) is 3.39. The van der Waals surface area contributed by atoms with Crippen LogP contribution in [0.1, 0.15) is 26.3 Å². The first-order valence-electron chi connectivity index (χ1n) is 11.5. The van der Waals surface area contributed by atoms with E-state index in [0.29, 0.717) is 11.8 Å². The highest BCUT2D eigenvalue weighted by Gasteiger charge is 2.16. The van der Waals surface area contributed by atoms with Gasteiger partial charge in [0.1, 0.15) is 0 Å². The first-order chi connectivity index (χ1) is 16.5. The van der Waals surface area contributed by atoms with Crippen molar-refractivity contribution in [3.8, 4) is 28.6 Å². The summed E-state index contributed by atoms with van der Waals surface area (Å²) in [6, 6.07) is 33.6. The SMILES string of the molecule is CC(C)(C)c1ccc(-c2nnc(-c3cccc(-n4c5ccccc5c5ccccc54)c3)o2)cc1. The van der Waals surface area contributed by atoms with Crippen LogP contribution in [0.4, 0.5) is 0 Å². The van der Waals surface area contributed by atoms with Crippen molar-refractivity contribution in [3.05, 3.63) is 103 Å². The van der Waals surface area contributed by atoms with E-state index < -0.39 is 0 Å². The molecular weight excluding hydrogens is 418 g/mol. The second-order valence-corrected chi connectivity index (χ2v) is 9.66. The lowest BCUT2D eigenvalue weighted by Gasteiger charge is -2.18. The molecule has 0 unspecified atom stereocenters. The molecule has 0 bridgehead atoms. The van der Waals surface area contributed by atoms with Crippen LogP contribution >= 0.6 is 0 Å². The number of aromatic nitrogens is 3. The van der Waals surface area contributed by atoms with Crippen LogP contribution in [-0.2, 0) is 5.41 Å². The summed E-state index contributed by atoms with van der Waals surface area (Å²) < 4.78 is 8.39. The zero-order valence-electron chi connectivity index (χ0n) is 19.5. The van der Waals surface area contributed by atoms with Crippen LogP contribution in [0.2, 0.25) is 0 Å². The molecule has 0 saturated heterocycles. The maximum absolute atomic E-state index is 6.10. The Morgan fingerprint density at radius 2 is 1.21 bits per heavy atom. The minimum atomic E-state index is 0.103. The first-order valence-corrected chi connectivity index (χ1v) is 11.5. The lowest BCUT2D eigenvalue weighted by atomic mass is 9.87. The summed E-state index contributed by atoms with van der Waals surface area (Å²) in [5, 5.41) is 11.2. The molecular formula is C30H25N3O. The van der Waals surface area contributed by atoms with Gasteiger partial charge in [0.2, 0.25) is 11.8 Å². The second-order valence-electron chi connectivity index (χ2n) is 9.66. The van der Waals surface area contributed by atoms with E-state index in [1.807, 2.05) is 24.3 Å².